The average molecular weight is 638 g/mol. The van der Waals surface area contributed by atoms with E-state index in [-0.39, 0.29) is 0 Å². The van der Waals surface area contributed by atoms with Gasteiger partial charge in [0.05, 0.1) is 27.8 Å². The van der Waals surface area contributed by atoms with Crippen molar-refractivity contribution in [2.45, 2.75) is 5.41 Å². The van der Waals surface area contributed by atoms with Crippen molar-refractivity contribution in [2.75, 3.05) is 0 Å². The monoisotopic (exact) mass is 637 g/mol. The summed E-state index contributed by atoms with van der Waals surface area (Å²) in [7, 11) is 0. The molecule has 0 radical (unpaired) electrons. The molecular formula is C47H31N3. The van der Waals surface area contributed by atoms with Gasteiger partial charge in [-0.05, 0) is 57.6 Å². The fraction of sp³-hybridized carbons (Fsp3) is 0.0213. The van der Waals surface area contributed by atoms with Gasteiger partial charge in [0, 0.05) is 21.9 Å². The first kappa shape index (κ1) is 28.4. The third-order valence-corrected chi connectivity index (χ3v) is 10.3. The van der Waals surface area contributed by atoms with Crippen LogP contribution in [0.1, 0.15) is 22.3 Å². The van der Waals surface area contributed by atoms with E-state index in [2.05, 4.69) is 180 Å². The van der Waals surface area contributed by atoms with Gasteiger partial charge in [-0.2, -0.15) is 0 Å². The maximum Gasteiger partial charge on any atom is 0.235 e. The topological polar surface area (TPSA) is 30.7 Å². The SMILES string of the molecule is c1ccc(-c2cc(-c3ccccc3)nc(-n3c4ccccc4c4cc(C5(c6ccccc6)c6ccccc6-c6ccccc65)ccc43)n2)cc1. The van der Waals surface area contributed by atoms with E-state index in [0.29, 0.717) is 5.95 Å². The van der Waals surface area contributed by atoms with Crippen LogP contribution in [0, 0.1) is 0 Å². The first-order valence-corrected chi connectivity index (χ1v) is 17.1. The molecular weight excluding hydrogens is 607 g/mol. The van der Waals surface area contributed by atoms with E-state index in [1.165, 1.54) is 44.2 Å². The van der Waals surface area contributed by atoms with Crippen molar-refractivity contribution in [1.29, 1.82) is 0 Å². The quantitative estimate of drug-likeness (QED) is 0.188. The van der Waals surface area contributed by atoms with E-state index in [0.717, 1.165) is 33.5 Å². The van der Waals surface area contributed by atoms with Crippen LogP contribution in [-0.2, 0) is 5.41 Å². The molecule has 9 aromatic rings. The highest BCUT2D eigenvalue weighted by atomic mass is 15.2. The van der Waals surface area contributed by atoms with Crippen LogP contribution >= 0.6 is 0 Å². The fourth-order valence-corrected chi connectivity index (χ4v) is 8.18. The van der Waals surface area contributed by atoms with Crippen molar-refractivity contribution >= 4 is 21.8 Å². The molecule has 10 rings (SSSR count). The number of benzene rings is 7. The van der Waals surface area contributed by atoms with Crippen molar-refractivity contribution in [3.05, 3.63) is 210 Å². The Labute approximate surface area is 290 Å². The van der Waals surface area contributed by atoms with Gasteiger partial charge < -0.3 is 0 Å². The highest BCUT2D eigenvalue weighted by molar-refractivity contribution is 6.09. The van der Waals surface area contributed by atoms with E-state index in [9.17, 15) is 0 Å². The van der Waals surface area contributed by atoms with Crippen LogP contribution in [0.3, 0.4) is 0 Å². The molecule has 0 amide bonds. The third kappa shape index (κ3) is 4.17. The van der Waals surface area contributed by atoms with E-state index >= 15 is 0 Å². The lowest BCUT2D eigenvalue weighted by Crippen LogP contribution is -2.28. The molecule has 3 nitrogen and oxygen atoms in total. The van der Waals surface area contributed by atoms with Crippen LogP contribution in [0.15, 0.2) is 188 Å². The van der Waals surface area contributed by atoms with Crippen LogP contribution in [0.5, 0.6) is 0 Å². The van der Waals surface area contributed by atoms with Gasteiger partial charge in [-0.25, -0.2) is 9.97 Å². The van der Waals surface area contributed by atoms with Gasteiger partial charge in [0.2, 0.25) is 5.95 Å². The summed E-state index contributed by atoms with van der Waals surface area (Å²) in [4.78, 5) is 10.5. The molecule has 50 heavy (non-hydrogen) atoms. The summed E-state index contributed by atoms with van der Waals surface area (Å²) < 4.78 is 2.24. The zero-order chi connectivity index (χ0) is 33.1. The van der Waals surface area contributed by atoms with E-state index in [4.69, 9.17) is 9.97 Å². The first-order valence-electron chi connectivity index (χ1n) is 17.1. The Hall–Kier alpha value is -6.58. The van der Waals surface area contributed by atoms with Crippen molar-refractivity contribution < 1.29 is 0 Å². The summed E-state index contributed by atoms with van der Waals surface area (Å²) in [6.45, 7) is 0. The van der Waals surface area contributed by atoms with E-state index in [1.54, 1.807) is 0 Å². The van der Waals surface area contributed by atoms with Crippen LogP contribution in [0.2, 0.25) is 0 Å². The van der Waals surface area contributed by atoms with Crippen LogP contribution < -0.4 is 0 Å². The fourth-order valence-electron chi connectivity index (χ4n) is 8.18. The number of hydrogen-bond acceptors (Lipinski definition) is 2. The molecule has 1 aliphatic carbocycles. The number of fused-ring (bicyclic) bond motifs is 6. The highest BCUT2D eigenvalue weighted by Crippen LogP contribution is 2.56. The lowest BCUT2D eigenvalue weighted by molar-refractivity contribution is 0.770. The van der Waals surface area contributed by atoms with Crippen LogP contribution in [0.25, 0.3) is 61.4 Å². The second-order valence-electron chi connectivity index (χ2n) is 13.0. The minimum Gasteiger partial charge on any atom is -0.278 e. The van der Waals surface area contributed by atoms with Gasteiger partial charge in [-0.15, -0.1) is 0 Å². The lowest BCUT2D eigenvalue weighted by atomic mass is 9.67. The molecule has 0 saturated carbocycles. The number of aromatic nitrogens is 3. The maximum absolute atomic E-state index is 5.24. The third-order valence-electron chi connectivity index (χ3n) is 10.3. The predicted octanol–water partition coefficient (Wildman–Crippen LogP) is 11.3. The Morgan fingerprint density at radius 1 is 0.380 bits per heavy atom. The molecule has 234 valence electrons. The van der Waals surface area contributed by atoms with Crippen molar-refractivity contribution in [1.82, 2.24) is 14.5 Å². The number of hydrogen-bond donors (Lipinski definition) is 0. The molecule has 1 aliphatic rings. The molecule has 0 aliphatic heterocycles. The zero-order valence-corrected chi connectivity index (χ0v) is 27.2. The molecule has 3 heteroatoms. The lowest BCUT2D eigenvalue weighted by Gasteiger charge is -2.34. The highest BCUT2D eigenvalue weighted by Gasteiger charge is 2.46. The summed E-state index contributed by atoms with van der Waals surface area (Å²) in [6.07, 6.45) is 0. The largest absolute Gasteiger partial charge is 0.278 e. The Kier molecular flexibility index (Phi) is 6.40. The summed E-state index contributed by atoms with van der Waals surface area (Å²) >= 11 is 0. The minimum atomic E-state index is -0.476. The molecule has 0 atom stereocenters. The summed E-state index contributed by atoms with van der Waals surface area (Å²) in [5, 5.41) is 2.34. The maximum atomic E-state index is 5.24. The normalized spacial score (nSPS) is 13.0. The predicted molar refractivity (Wildman–Crippen MR) is 205 cm³/mol. The second kappa shape index (κ2) is 11.3. The van der Waals surface area contributed by atoms with Gasteiger partial charge in [0.1, 0.15) is 0 Å². The smallest absolute Gasteiger partial charge is 0.235 e. The average Bonchev–Trinajstić information content (AvgIpc) is 3.69. The zero-order valence-electron chi connectivity index (χ0n) is 27.2. The molecule has 0 bridgehead atoms. The van der Waals surface area contributed by atoms with Crippen LogP contribution in [0.4, 0.5) is 0 Å². The first-order chi connectivity index (χ1) is 24.8. The summed E-state index contributed by atoms with van der Waals surface area (Å²) in [5.41, 5.74) is 13.2. The van der Waals surface area contributed by atoms with Gasteiger partial charge in [-0.1, -0.05) is 164 Å². The summed E-state index contributed by atoms with van der Waals surface area (Å²) in [5.74, 6) is 0.651. The van der Waals surface area contributed by atoms with Gasteiger partial charge in [0.15, 0.2) is 0 Å². The van der Waals surface area contributed by atoms with Crippen LogP contribution in [-0.4, -0.2) is 14.5 Å². The van der Waals surface area contributed by atoms with Crippen molar-refractivity contribution in [3.8, 4) is 39.6 Å². The van der Waals surface area contributed by atoms with Gasteiger partial charge >= 0.3 is 0 Å². The standard InChI is InChI=1S/C47H31N3/c1-4-16-32(17-5-1)42-31-43(33-18-6-2-7-19-33)49-46(48-42)50-44-27-15-12-24-38(44)39-30-35(28-29-45(39)50)47(34-20-8-3-9-21-34)40-25-13-10-22-36(40)37-23-11-14-26-41(37)47/h1-31H. The molecule has 0 N–H and O–H groups in total. The van der Waals surface area contributed by atoms with Gasteiger partial charge in [-0.3, -0.25) is 4.57 Å². The Morgan fingerprint density at radius 3 is 1.50 bits per heavy atom. The Balaban J connectivity index is 1.27. The number of para-hydroxylation sites is 1. The molecule has 2 aromatic heterocycles. The minimum absolute atomic E-state index is 0.476. The van der Waals surface area contributed by atoms with E-state index in [1.807, 2.05) is 12.1 Å². The molecule has 0 spiro atoms. The van der Waals surface area contributed by atoms with Crippen molar-refractivity contribution in [3.63, 3.8) is 0 Å². The molecule has 2 heterocycles. The Morgan fingerprint density at radius 2 is 0.880 bits per heavy atom. The number of nitrogens with zero attached hydrogens (tertiary/aromatic N) is 3. The van der Waals surface area contributed by atoms with E-state index < -0.39 is 5.41 Å². The second-order valence-corrected chi connectivity index (χ2v) is 13.0. The molecule has 0 saturated heterocycles. The van der Waals surface area contributed by atoms with Gasteiger partial charge in [0.25, 0.3) is 0 Å². The summed E-state index contributed by atoms with van der Waals surface area (Å²) in [6, 6.07) is 67.3. The Bertz CT molecular complexity index is 2590. The number of rotatable bonds is 5. The molecule has 0 fully saturated rings. The molecule has 7 aromatic carbocycles. The van der Waals surface area contributed by atoms with Crippen molar-refractivity contribution in [2.24, 2.45) is 0 Å². The molecule has 0 unspecified atom stereocenters.